The smallest absolute Gasteiger partial charge is 0.461 e. The van der Waals surface area contributed by atoms with Crippen molar-refractivity contribution in [3.8, 4) is 0 Å². The predicted molar refractivity (Wildman–Crippen MR) is 50.9 cm³/mol. The molecule has 0 amide bonds. The minimum absolute atomic E-state index is 0.101. The lowest BCUT2D eigenvalue weighted by atomic mass is 10.1. The van der Waals surface area contributed by atoms with E-state index >= 15 is 0 Å². The average Bonchev–Trinajstić information content (AvgIpc) is 2.28. The van der Waals surface area contributed by atoms with Crippen LogP contribution in [0.4, 0.5) is 22.0 Å². The Morgan fingerprint density at radius 3 is 2.11 bits per heavy atom. The summed E-state index contributed by atoms with van der Waals surface area (Å²) in [4.78, 5) is 14.3. The summed E-state index contributed by atoms with van der Waals surface area (Å²) in [5.74, 6) is -9.07. The van der Waals surface area contributed by atoms with Crippen molar-refractivity contribution in [1.29, 1.82) is 0 Å². The highest BCUT2D eigenvalue weighted by atomic mass is 19.4. The Labute approximate surface area is 97.6 Å². The number of hydrogen-bond donors (Lipinski definition) is 1. The van der Waals surface area contributed by atoms with E-state index in [0.29, 0.717) is 0 Å². The van der Waals surface area contributed by atoms with E-state index in [1.165, 1.54) is 12.4 Å². The Morgan fingerprint density at radius 1 is 1.17 bits per heavy atom. The summed E-state index contributed by atoms with van der Waals surface area (Å²) in [5, 5.41) is 9.23. The molecule has 0 aliphatic rings. The van der Waals surface area contributed by atoms with Crippen LogP contribution in [0.2, 0.25) is 0 Å². The number of aromatic nitrogens is 1. The van der Waals surface area contributed by atoms with E-state index in [9.17, 15) is 31.9 Å². The summed E-state index contributed by atoms with van der Waals surface area (Å²) in [7, 11) is 0. The molecule has 18 heavy (non-hydrogen) atoms. The molecule has 1 N–H and O–H groups in total. The third-order valence-corrected chi connectivity index (χ3v) is 1.91. The molecule has 0 saturated carbocycles. The van der Waals surface area contributed by atoms with Crippen molar-refractivity contribution in [1.82, 2.24) is 4.98 Å². The maximum Gasteiger partial charge on any atom is 0.461 e. The zero-order chi connectivity index (χ0) is 14.0. The van der Waals surface area contributed by atoms with E-state index in [4.69, 9.17) is 0 Å². The Bertz CT molecular complexity index is 467. The number of ketones is 1. The molecule has 0 bridgehead atoms. The first-order chi connectivity index (χ1) is 8.16. The molecule has 0 fully saturated rings. The van der Waals surface area contributed by atoms with Gasteiger partial charge in [-0.05, 0) is 12.1 Å². The lowest BCUT2D eigenvalue weighted by Gasteiger charge is -2.16. The molecule has 0 aromatic carbocycles. The maximum atomic E-state index is 12.6. The van der Waals surface area contributed by atoms with Gasteiger partial charge in [0, 0.05) is 24.0 Å². The van der Waals surface area contributed by atoms with Crippen LogP contribution in [-0.2, 0) is 4.79 Å². The van der Waals surface area contributed by atoms with Crippen LogP contribution in [0, 0.1) is 0 Å². The Balaban J connectivity index is 3.01. The van der Waals surface area contributed by atoms with E-state index in [1.807, 2.05) is 0 Å². The first-order valence-electron chi connectivity index (χ1n) is 4.46. The summed E-state index contributed by atoms with van der Waals surface area (Å²) in [5.41, 5.74) is -0.101. The number of aliphatic hydroxyl groups is 1. The summed E-state index contributed by atoms with van der Waals surface area (Å²) in [6.45, 7) is 0. The largest absolute Gasteiger partial charge is 0.507 e. The molecule has 0 unspecified atom stereocenters. The van der Waals surface area contributed by atoms with Gasteiger partial charge in [-0.15, -0.1) is 0 Å². The van der Waals surface area contributed by atoms with Crippen LogP contribution >= 0.6 is 0 Å². The Hall–Kier alpha value is -1.99. The van der Waals surface area contributed by atoms with E-state index in [2.05, 4.69) is 4.98 Å². The first kappa shape index (κ1) is 14.1. The zero-order valence-electron chi connectivity index (χ0n) is 8.58. The van der Waals surface area contributed by atoms with Gasteiger partial charge in [-0.1, -0.05) is 0 Å². The molecule has 0 aliphatic carbocycles. The number of alkyl halides is 5. The molecular weight excluding hydrogens is 261 g/mol. The SMILES string of the molecule is O=C(/C=C(\O)c1ccncc1)C(F)(F)C(F)(F)F. The van der Waals surface area contributed by atoms with Crippen molar-refractivity contribution in [2.24, 2.45) is 0 Å². The molecule has 98 valence electrons. The second-order valence-electron chi connectivity index (χ2n) is 3.20. The number of carbonyl (C=O) groups is 1. The van der Waals surface area contributed by atoms with Crippen molar-refractivity contribution >= 4 is 11.5 Å². The monoisotopic (exact) mass is 267 g/mol. The van der Waals surface area contributed by atoms with E-state index < -0.39 is 23.6 Å². The number of aliphatic hydroxyl groups excluding tert-OH is 1. The molecule has 8 heteroatoms. The fourth-order valence-electron chi connectivity index (χ4n) is 0.961. The van der Waals surface area contributed by atoms with Gasteiger partial charge in [-0.2, -0.15) is 22.0 Å². The van der Waals surface area contributed by atoms with Crippen molar-refractivity contribution in [2.45, 2.75) is 12.1 Å². The first-order valence-corrected chi connectivity index (χ1v) is 4.46. The average molecular weight is 267 g/mol. The molecule has 0 spiro atoms. The molecular formula is C10H6F5NO2. The molecule has 3 nitrogen and oxygen atoms in total. The van der Waals surface area contributed by atoms with Crippen LogP contribution in [0.5, 0.6) is 0 Å². The topological polar surface area (TPSA) is 50.2 Å². The van der Waals surface area contributed by atoms with Crippen molar-refractivity contribution in [3.05, 3.63) is 36.2 Å². The molecule has 1 heterocycles. The number of rotatable bonds is 3. The van der Waals surface area contributed by atoms with Crippen LogP contribution in [0.15, 0.2) is 30.6 Å². The molecule has 1 rings (SSSR count). The second-order valence-corrected chi connectivity index (χ2v) is 3.20. The van der Waals surface area contributed by atoms with Gasteiger partial charge >= 0.3 is 12.1 Å². The van der Waals surface area contributed by atoms with Crippen LogP contribution < -0.4 is 0 Å². The molecule has 0 atom stereocenters. The van der Waals surface area contributed by atoms with E-state index in [-0.39, 0.29) is 11.6 Å². The summed E-state index contributed by atoms with van der Waals surface area (Å²) in [6.07, 6.45) is -3.82. The minimum Gasteiger partial charge on any atom is -0.507 e. The van der Waals surface area contributed by atoms with Crippen LogP contribution in [0.1, 0.15) is 5.56 Å². The van der Waals surface area contributed by atoms with Gasteiger partial charge in [-0.25, -0.2) is 0 Å². The molecule has 0 saturated heterocycles. The highest BCUT2D eigenvalue weighted by Gasteiger charge is 2.62. The van der Waals surface area contributed by atoms with Gasteiger partial charge < -0.3 is 5.11 Å². The van der Waals surface area contributed by atoms with Crippen molar-refractivity contribution in [3.63, 3.8) is 0 Å². The van der Waals surface area contributed by atoms with Gasteiger partial charge in [0.1, 0.15) is 5.76 Å². The minimum atomic E-state index is -6.00. The second kappa shape index (κ2) is 4.71. The highest BCUT2D eigenvalue weighted by Crippen LogP contribution is 2.36. The van der Waals surface area contributed by atoms with E-state index in [0.717, 1.165) is 12.1 Å². The standard InChI is InChI=1S/C10H6F5NO2/c11-9(12,10(13,14)15)8(18)5-7(17)6-1-3-16-4-2-6/h1-5,17H/b7-5-. The third-order valence-electron chi connectivity index (χ3n) is 1.91. The summed E-state index contributed by atoms with van der Waals surface area (Å²) >= 11 is 0. The fourth-order valence-corrected chi connectivity index (χ4v) is 0.961. The maximum absolute atomic E-state index is 12.6. The number of nitrogens with zero attached hydrogens (tertiary/aromatic N) is 1. The molecule has 1 aromatic heterocycles. The Kier molecular flexibility index (Phi) is 3.68. The van der Waals surface area contributed by atoms with Gasteiger partial charge in [-0.3, -0.25) is 9.78 Å². The zero-order valence-corrected chi connectivity index (χ0v) is 8.58. The quantitative estimate of drug-likeness (QED) is 0.520. The summed E-state index contributed by atoms with van der Waals surface area (Å²) in [6, 6.07) is 2.29. The molecule has 0 aliphatic heterocycles. The van der Waals surface area contributed by atoms with Crippen LogP contribution in [-0.4, -0.2) is 28.0 Å². The predicted octanol–water partition coefficient (Wildman–Crippen LogP) is 2.75. The normalized spacial score (nSPS) is 13.5. The number of pyridine rings is 1. The highest BCUT2D eigenvalue weighted by molar-refractivity contribution is 6.00. The lowest BCUT2D eigenvalue weighted by Crippen LogP contribution is -2.43. The van der Waals surface area contributed by atoms with E-state index in [1.54, 1.807) is 0 Å². The fraction of sp³-hybridized carbons (Fsp3) is 0.200. The van der Waals surface area contributed by atoms with Crippen LogP contribution in [0.25, 0.3) is 5.76 Å². The number of hydrogen-bond acceptors (Lipinski definition) is 3. The molecule has 1 aromatic rings. The van der Waals surface area contributed by atoms with Gasteiger partial charge in [0.05, 0.1) is 0 Å². The van der Waals surface area contributed by atoms with Crippen molar-refractivity contribution in [2.75, 3.05) is 0 Å². The third kappa shape index (κ3) is 2.82. The number of halogens is 5. The number of allylic oxidation sites excluding steroid dienone is 1. The van der Waals surface area contributed by atoms with Crippen LogP contribution in [0.3, 0.4) is 0 Å². The number of carbonyl (C=O) groups excluding carboxylic acids is 1. The Morgan fingerprint density at radius 2 is 1.67 bits per heavy atom. The summed E-state index contributed by atoms with van der Waals surface area (Å²) < 4.78 is 60.7. The van der Waals surface area contributed by atoms with Gasteiger partial charge in [0.2, 0.25) is 5.78 Å². The van der Waals surface area contributed by atoms with Crippen molar-refractivity contribution < 1.29 is 31.9 Å². The van der Waals surface area contributed by atoms with Gasteiger partial charge in [0.15, 0.2) is 0 Å². The van der Waals surface area contributed by atoms with Gasteiger partial charge in [0.25, 0.3) is 0 Å². The molecule has 0 radical (unpaired) electrons. The lowest BCUT2D eigenvalue weighted by molar-refractivity contribution is -0.266.